The Labute approximate surface area is 145 Å². The highest BCUT2D eigenvalue weighted by Crippen LogP contribution is 2.24. The van der Waals surface area contributed by atoms with Gasteiger partial charge in [0.2, 0.25) is 0 Å². The van der Waals surface area contributed by atoms with Crippen molar-refractivity contribution >= 4 is 28.8 Å². The minimum absolute atomic E-state index is 0.211. The summed E-state index contributed by atoms with van der Waals surface area (Å²) >= 11 is 0. The van der Waals surface area contributed by atoms with Gasteiger partial charge in [0, 0.05) is 6.08 Å². The van der Waals surface area contributed by atoms with E-state index in [1.54, 1.807) is 30.3 Å². The van der Waals surface area contributed by atoms with Crippen molar-refractivity contribution in [2.24, 2.45) is 0 Å². The molecule has 3 rings (SSSR count). The number of carboxylic acid groups (broad SMARTS) is 1. The number of esters is 1. The minimum atomic E-state index is -0.978. The highest BCUT2D eigenvalue weighted by atomic mass is 16.5. The first kappa shape index (κ1) is 16.5. The summed E-state index contributed by atoms with van der Waals surface area (Å²) in [6, 6.07) is 19.9. The van der Waals surface area contributed by atoms with E-state index in [0.29, 0.717) is 5.39 Å². The maximum absolute atomic E-state index is 11.9. The van der Waals surface area contributed by atoms with Crippen LogP contribution in [0.4, 0.5) is 0 Å². The van der Waals surface area contributed by atoms with Crippen LogP contribution in [-0.2, 0) is 16.1 Å². The van der Waals surface area contributed by atoms with Gasteiger partial charge in [0.1, 0.15) is 6.61 Å². The van der Waals surface area contributed by atoms with Gasteiger partial charge in [-0.05, 0) is 34.0 Å². The molecule has 3 aromatic carbocycles. The third-order valence-corrected chi connectivity index (χ3v) is 3.81. The molecule has 0 saturated carbocycles. The number of fused-ring (bicyclic) bond motifs is 1. The molecule has 0 atom stereocenters. The van der Waals surface area contributed by atoms with Crippen molar-refractivity contribution in [3.05, 3.63) is 89.5 Å². The molecule has 0 saturated heterocycles. The molecule has 0 aliphatic rings. The number of carbonyl (C=O) groups excluding carboxylic acids is 1. The molecule has 0 aliphatic heterocycles. The van der Waals surface area contributed by atoms with Crippen LogP contribution in [0.2, 0.25) is 0 Å². The highest BCUT2D eigenvalue weighted by molar-refractivity contribution is 6.06. The molecular weight excluding hydrogens is 316 g/mol. The molecule has 0 spiro atoms. The van der Waals surface area contributed by atoms with Gasteiger partial charge in [-0.2, -0.15) is 0 Å². The molecule has 0 fully saturated rings. The molecule has 0 aliphatic carbocycles. The van der Waals surface area contributed by atoms with Crippen molar-refractivity contribution in [3.63, 3.8) is 0 Å². The predicted octanol–water partition coefficient (Wildman–Crippen LogP) is 4.29. The molecule has 0 unspecified atom stereocenters. The van der Waals surface area contributed by atoms with Crippen molar-refractivity contribution in [2.45, 2.75) is 6.61 Å². The van der Waals surface area contributed by atoms with Gasteiger partial charge in [-0.25, -0.2) is 9.59 Å². The smallest absolute Gasteiger partial charge is 0.336 e. The maximum atomic E-state index is 11.9. The second-order valence-electron chi connectivity index (χ2n) is 5.48. The lowest BCUT2D eigenvalue weighted by atomic mass is 9.99. The third kappa shape index (κ3) is 3.93. The molecule has 4 nitrogen and oxygen atoms in total. The van der Waals surface area contributed by atoms with Gasteiger partial charge in [-0.3, -0.25) is 0 Å². The Morgan fingerprint density at radius 1 is 0.880 bits per heavy atom. The normalized spacial score (nSPS) is 10.9. The first-order valence-corrected chi connectivity index (χ1v) is 7.79. The number of aromatic carboxylic acids is 1. The van der Waals surface area contributed by atoms with E-state index in [9.17, 15) is 14.7 Å². The first-order chi connectivity index (χ1) is 12.1. The molecular formula is C21H16O4. The maximum Gasteiger partial charge on any atom is 0.336 e. The molecule has 0 radical (unpaired) electrons. The summed E-state index contributed by atoms with van der Waals surface area (Å²) in [7, 11) is 0. The fraction of sp³-hybridized carbons (Fsp3) is 0.0476. The standard InChI is InChI=1S/C21H16O4/c22-20(25-14-15-6-2-1-3-7-15)13-11-16-10-12-19(21(23)24)18-9-5-4-8-17(16)18/h1-13H,14H2,(H,23,24)/b13-11-. The van der Waals surface area contributed by atoms with Gasteiger partial charge in [-0.15, -0.1) is 0 Å². The summed E-state index contributed by atoms with van der Waals surface area (Å²) < 4.78 is 5.20. The average molecular weight is 332 g/mol. The average Bonchev–Trinajstić information content (AvgIpc) is 2.65. The summed E-state index contributed by atoms with van der Waals surface area (Å²) in [5.74, 6) is -1.43. The van der Waals surface area contributed by atoms with E-state index < -0.39 is 11.9 Å². The van der Waals surface area contributed by atoms with E-state index in [1.165, 1.54) is 6.08 Å². The number of benzene rings is 3. The summed E-state index contributed by atoms with van der Waals surface area (Å²) in [4.78, 5) is 23.2. The van der Waals surface area contributed by atoms with Gasteiger partial charge < -0.3 is 9.84 Å². The molecule has 124 valence electrons. The molecule has 0 amide bonds. The lowest BCUT2D eigenvalue weighted by Gasteiger charge is -2.06. The number of rotatable bonds is 5. The van der Waals surface area contributed by atoms with Gasteiger partial charge in [-0.1, -0.05) is 60.7 Å². The van der Waals surface area contributed by atoms with E-state index >= 15 is 0 Å². The molecule has 1 N–H and O–H groups in total. The fourth-order valence-corrected chi connectivity index (χ4v) is 2.59. The third-order valence-electron chi connectivity index (χ3n) is 3.81. The van der Waals surface area contributed by atoms with Gasteiger partial charge >= 0.3 is 11.9 Å². The number of hydrogen-bond donors (Lipinski definition) is 1. The zero-order chi connectivity index (χ0) is 17.6. The Morgan fingerprint density at radius 3 is 2.28 bits per heavy atom. The van der Waals surface area contributed by atoms with E-state index in [0.717, 1.165) is 16.5 Å². The second kappa shape index (κ2) is 7.45. The lowest BCUT2D eigenvalue weighted by Crippen LogP contribution is -2.01. The molecule has 0 aromatic heterocycles. The van der Waals surface area contributed by atoms with Crippen LogP contribution >= 0.6 is 0 Å². The van der Waals surface area contributed by atoms with Crippen LogP contribution in [0, 0.1) is 0 Å². The highest BCUT2D eigenvalue weighted by Gasteiger charge is 2.10. The van der Waals surface area contributed by atoms with Crippen molar-refractivity contribution in [3.8, 4) is 0 Å². The second-order valence-corrected chi connectivity index (χ2v) is 5.48. The number of hydrogen-bond acceptors (Lipinski definition) is 3. The lowest BCUT2D eigenvalue weighted by molar-refractivity contribution is -0.138. The van der Waals surface area contributed by atoms with Crippen molar-refractivity contribution in [2.75, 3.05) is 0 Å². The van der Waals surface area contributed by atoms with E-state index in [2.05, 4.69) is 0 Å². The Morgan fingerprint density at radius 2 is 1.56 bits per heavy atom. The Hall–Kier alpha value is -3.40. The van der Waals surface area contributed by atoms with E-state index in [4.69, 9.17) is 4.74 Å². The van der Waals surface area contributed by atoms with Crippen LogP contribution in [0.1, 0.15) is 21.5 Å². The fourth-order valence-electron chi connectivity index (χ4n) is 2.59. The van der Waals surface area contributed by atoms with Crippen LogP contribution in [0.15, 0.2) is 72.8 Å². The number of ether oxygens (including phenoxy) is 1. The van der Waals surface area contributed by atoms with Crippen LogP contribution in [-0.4, -0.2) is 17.0 Å². The monoisotopic (exact) mass is 332 g/mol. The van der Waals surface area contributed by atoms with Crippen molar-refractivity contribution < 1.29 is 19.4 Å². The molecule has 4 heteroatoms. The van der Waals surface area contributed by atoms with E-state index in [-0.39, 0.29) is 12.2 Å². The Balaban J connectivity index is 1.78. The molecule has 0 heterocycles. The summed E-state index contributed by atoms with van der Waals surface area (Å²) in [5, 5.41) is 10.7. The zero-order valence-electron chi connectivity index (χ0n) is 13.4. The van der Waals surface area contributed by atoms with E-state index in [1.807, 2.05) is 42.5 Å². The van der Waals surface area contributed by atoms with Crippen molar-refractivity contribution in [1.82, 2.24) is 0 Å². The van der Waals surface area contributed by atoms with Gasteiger partial charge in [0.15, 0.2) is 0 Å². The summed E-state index contributed by atoms with van der Waals surface area (Å²) in [6.07, 6.45) is 2.99. The van der Waals surface area contributed by atoms with Crippen LogP contribution in [0.25, 0.3) is 16.8 Å². The SMILES string of the molecule is O=C(/C=C\c1ccc(C(=O)O)c2ccccc12)OCc1ccccc1. The molecule has 3 aromatic rings. The van der Waals surface area contributed by atoms with Crippen molar-refractivity contribution in [1.29, 1.82) is 0 Å². The minimum Gasteiger partial charge on any atom is -0.478 e. The first-order valence-electron chi connectivity index (χ1n) is 7.79. The topological polar surface area (TPSA) is 63.6 Å². The molecule has 0 bridgehead atoms. The van der Waals surface area contributed by atoms with Crippen LogP contribution in [0.5, 0.6) is 0 Å². The largest absolute Gasteiger partial charge is 0.478 e. The predicted molar refractivity (Wildman–Crippen MR) is 96.2 cm³/mol. The Kier molecular flexibility index (Phi) is 4.90. The Bertz CT molecular complexity index is 943. The molecule has 25 heavy (non-hydrogen) atoms. The number of carboxylic acids is 1. The summed E-state index contributed by atoms with van der Waals surface area (Å²) in [6.45, 7) is 0.211. The number of carbonyl (C=O) groups is 2. The van der Waals surface area contributed by atoms with Crippen LogP contribution < -0.4 is 0 Å². The van der Waals surface area contributed by atoms with Gasteiger partial charge in [0.05, 0.1) is 5.56 Å². The van der Waals surface area contributed by atoms with Gasteiger partial charge in [0.25, 0.3) is 0 Å². The quantitative estimate of drug-likeness (QED) is 0.559. The zero-order valence-corrected chi connectivity index (χ0v) is 13.4. The summed E-state index contributed by atoms with van der Waals surface area (Å²) in [5.41, 5.74) is 1.91. The van der Waals surface area contributed by atoms with Crippen LogP contribution in [0.3, 0.4) is 0 Å².